The summed E-state index contributed by atoms with van der Waals surface area (Å²) in [4.78, 5) is 22.0. The van der Waals surface area contributed by atoms with Crippen LogP contribution < -0.4 is 5.73 Å². The van der Waals surface area contributed by atoms with Gasteiger partial charge in [0.05, 0.1) is 6.61 Å². The Labute approximate surface area is 119 Å². The highest BCUT2D eigenvalue weighted by atomic mass is 16.7. The van der Waals surface area contributed by atoms with Gasteiger partial charge in [-0.2, -0.15) is 0 Å². The van der Waals surface area contributed by atoms with E-state index < -0.39 is 55.3 Å². The van der Waals surface area contributed by atoms with E-state index in [4.69, 9.17) is 25.4 Å². The van der Waals surface area contributed by atoms with Gasteiger partial charge < -0.3 is 40.7 Å². The summed E-state index contributed by atoms with van der Waals surface area (Å²) in [7, 11) is 0. The smallest absolute Gasteiger partial charge is 0.320 e. The molecule has 0 aromatic rings. The molecule has 21 heavy (non-hydrogen) atoms. The van der Waals surface area contributed by atoms with E-state index in [1.54, 1.807) is 0 Å². The third kappa shape index (κ3) is 4.59. The van der Waals surface area contributed by atoms with Crippen LogP contribution in [-0.4, -0.2) is 80.8 Å². The van der Waals surface area contributed by atoms with Crippen LogP contribution in [0.3, 0.4) is 0 Å². The number of carbonyl (C=O) groups is 2. The van der Waals surface area contributed by atoms with E-state index in [9.17, 15) is 24.9 Å². The number of aliphatic carboxylic acids is 1. The predicted octanol–water partition coefficient (Wildman–Crippen LogP) is -3.48. The van der Waals surface area contributed by atoms with Gasteiger partial charge >= 0.3 is 11.9 Å². The summed E-state index contributed by atoms with van der Waals surface area (Å²) < 4.78 is 9.70. The standard InChI is InChI=1S/C11H19NO9/c12-4(10(18)19)1-2-6(14)21-11-9(17)8(16)7(15)5(3-13)20-11/h4-5,7-9,11,13,15-17H,1-3,12H2,(H,18,19)/t4-,5+,7+,8-,9+,11-/m0/s1. The van der Waals surface area contributed by atoms with Gasteiger partial charge in [-0.1, -0.05) is 0 Å². The van der Waals surface area contributed by atoms with E-state index in [-0.39, 0.29) is 12.8 Å². The normalized spacial score (nSPS) is 34.2. The van der Waals surface area contributed by atoms with E-state index in [2.05, 4.69) is 0 Å². The van der Waals surface area contributed by atoms with Crippen molar-refractivity contribution in [2.75, 3.05) is 6.61 Å². The molecule has 1 saturated heterocycles. The first-order valence-electron chi connectivity index (χ1n) is 6.26. The van der Waals surface area contributed by atoms with Crippen molar-refractivity contribution in [3.05, 3.63) is 0 Å². The summed E-state index contributed by atoms with van der Waals surface area (Å²) in [5.74, 6) is -2.16. The van der Waals surface area contributed by atoms with E-state index >= 15 is 0 Å². The molecule has 0 aromatic carbocycles. The van der Waals surface area contributed by atoms with Crippen molar-refractivity contribution in [3.8, 4) is 0 Å². The molecule has 6 atom stereocenters. The lowest BCUT2D eigenvalue weighted by atomic mass is 9.99. The summed E-state index contributed by atoms with van der Waals surface area (Å²) >= 11 is 0. The van der Waals surface area contributed by atoms with Crippen molar-refractivity contribution in [2.45, 2.75) is 49.6 Å². The van der Waals surface area contributed by atoms with Crippen molar-refractivity contribution in [2.24, 2.45) is 5.73 Å². The molecule has 1 fully saturated rings. The van der Waals surface area contributed by atoms with Crippen LogP contribution in [0.2, 0.25) is 0 Å². The van der Waals surface area contributed by atoms with Crippen molar-refractivity contribution in [3.63, 3.8) is 0 Å². The number of ether oxygens (including phenoxy) is 2. The van der Waals surface area contributed by atoms with Crippen LogP contribution in [0.4, 0.5) is 0 Å². The van der Waals surface area contributed by atoms with Crippen LogP contribution in [0.25, 0.3) is 0 Å². The maximum absolute atomic E-state index is 11.5. The zero-order valence-corrected chi connectivity index (χ0v) is 11.0. The minimum atomic E-state index is -1.69. The number of aliphatic hydroxyl groups excluding tert-OH is 4. The minimum Gasteiger partial charge on any atom is -0.480 e. The molecule has 1 rings (SSSR count). The topological polar surface area (TPSA) is 180 Å². The second-order valence-electron chi connectivity index (χ2n) is 4.67. The molecule has 1 heterocycles. The fraction of sp³-hybridized carbons (Fsp3) is 0.818. The number of carboxylic acid groups (broad SMARTS) is 1. The lowest BCUT2D eigenvalue weighted by Gasteiger charge is -2.39. The van der Waals surface area contributed by atoms with Crippen molar-refractivity contribution in [1.82, 2.24) is 0 Å². The van der Waals surface area contributed by atoms with Crippen LogP contribution in [0, 0.1) is 0 Å². The Kier molecular flexibility index (Phi) is 6.45. The fourth-order valence-electron chi connectivity index (χ4n) is 1.75. The van der Waals surface area contributed by atoms with E-state index in [0.717, 1.165) is 0 Å². The first-order chi connectivity index (χ1) is 9.77. The summed E-state index contributed by atoms with van der Waals surface area (Å²) in [6.07, 6.45) is -8.18. The van der Waals surface area contributed by atoms with Gasteiger partial charge in [0.2, 0.25) is 6.29 Å². The third-order valence-corrected chi connectivity index (χ3v) is 3.07. The molecule has 10 heteroatoms. The molecule has 122 valence electrons. The van der Waals surface area contributed by atoms with Gasteiger partial charge in [-0.3, -0.25) is 9.59 Å². The number of esters is 1. The highest BCUT2D eigenvalue weighted by molar-refractivity contribution is 5.75. The highest BCUT2D eigenvalue weighted by Gasteiger charge is 2.45. The first-order valence-corrected chi connectivity index (χ1v) is 6.26. The van der Waals surface area contributed by atoms with Crippen molar-refractivity contribution < 1.29 is 44.6 Å². The third-order valence-electron chi connectivity index (χ3n) is 3.07. The molecule has 1 aliphatic rings. The maximum Gasteiger partial charge on any atom is 0.320 e. The molecule has 0 bridgehead atoms. The van der Waals surface area contributed by atoms with Crippen molar-refractivity contribution >= 4 is 11.9 Å². The van der Waals surface area contributed by atoms with Gasteiger partial charge in [0.15, 0.2) is 0 Å². The largest absolute Gasteiger partial charge is 0.480 e. The zero-order chi connectivity index (χ0) is 16.2. The average Bonchev–Trinajstić information content (AvgIpc) is 2.45. The van der Waals surface area contributed by atoms with Crippen LogP contribution in [0.15, 0.2) is 0 Å². The molecule has 0 aliphatic carbocycles. The monoisotopic (exact) mass is 309 g/mol. The summed E-state index contributed by atoms with van der Waals surface area (Å²) in [6.45, 7) is -0.650. The first kappa shape index (κ1) is 17.8. The Morgan fingerprint density at radius 2 is 1.81 bits per heavy atom. The Balaban J connectivity index is 2.52. The van der Waals surface area contributed by atoms with Crippen LogP contribution in [-0.2, 0) is 19.1 Å². The highest BCUT2D eigenvalue weighted by Crippen LogP contribution is 2.22. The van der Waals surface area contributed by atoms with Gasteiger partial charge in [0.25, 0.3) is 0 Å². The van der Waals surface area contributed by atoms with E-state index in [1.807, 2.05) is 0 Å². The zero-order valence-electron chi connectivity index (χ0n) is 11.0. The molecule has 10 nitrogen and oxygen atoms in total. The lowest BCUT2D eigenvalue weighted by molar-refractivity contribution is -0.292. The number of carbonyl (C=O) groups excluding carboxylic acids is 1. The summed E-state index contributed by atoms with van der Waals surface area (Å²) in [5, 5.41) is 46.2. The SMILES string of the molecule is N[C@@H](CCC(=O)O[C@@H]1O[C@H](CO)[C@@H](O)[C@H](O)[C@H]1O)C(=O)O. The minimum absolute atomic E-state index is 0.175. The van der Waals surface area contributed by atoms with Gasteiger partial charge in [-0.15, -0.1) is 0 Å². The maximum atomic E-state index is 11.5. The molecular formula is C11H19NO9. The molecule has 1 aliphatic heterocycles. The van der Waals surface area contributed by atoms with Gasteiger partial charge in [0, 0.05) is 6.42 Å². The second kappa shape index (κ2) is 7.64. The lowest BCUT2D eigenvalue weighted by Crippen LogP contribution is -2.59. The average molecular weight is 309 g/mol. The fourth-order valence-corrected chi connectivity index (χ4v) is 1.75. The van der Waals surface area contributed by atoms with Crippen molar-refractivity contribution in [1.29, 1.82) is 0 Å². The molecule has 0 aromatic heterocycles. The quantitative estimate of drug-likeness (QED) is 0.270. The van der Waals surface area contributed by atoms with E-state index in [0.29, 0.717) is 0 Å². The van der Waals surface area contributed by atoms with E-state index in [1.165, 1.54) is 0 Å². The number of hydrogen-bond donors (Lipinski definition) is 6. The van der Waals surface area contributed by atoms with Gasteiger partial charge in [-0.05, 0) is 6.42 Å². The summed E-state index contributed by atoms with van der Waals surface area (Å²) in [6, 6.07) is -1.23. The molecule has 0 spiro atoms. The molecule has 0 radical (unpaired) electrons. The number of aliphatic hydroxyl groups is 4. The Morgan fingerprint density at radius 3 is 2.33 bits per heavy atom. The Bertz CT molecular complexity index is 375. The van der Waals surface area contributed by atoms with Gasteiger partial charge in [-0.25, -0.2) is 0 Å². The molecule has 0 unspecified atom stereocenters. The Morgan fingerprint density at radius 1 is 1.19 bits per heavy atom. The molecule has 0 amide bonds. The number of hydrogen-bond acceptors (Lipinski definition) is 9. The molecule has 0 saturated carbocycles. The Hall–Kier alpha value is -1.30. The number of carboxylic acids is 1. The van der Waals surface area contributed by atoms with Crippen LogP contribution in [0.5, 0.6) is 0 Å². The van der Waals surface area contributed by atoms with Crippen LogP contribution in [0.1, 0.15) is 12.8 Å². The number of rotatable bonds is 6. The molecule has 7 N–H and O–H groups in total. The second-order valence-corrected chi connectivity index (χ2v) is 4.67. The summed E-state index contributed by atoms with van der Waals surface area (Å²) in [5.41, 5.74) is 5.22. The van der Waals surface area contributed by atoms with Crippen LogP contribution >= 0.6 is 0 Å². The number of nitrogens with two attached hydrogens (primary N) is 1. The molecular weight excluding hydrogens is 290 g/mol. The predicted molar refractivity (Wildman–Crippen MR) is 64.7 cm³/mol. The van der Waals surface area contributed by atoms with Gasteiger partial charge in [0.1, 0.15) is 30.5 Å².